The molecule has 69 heavy (non-hydrogen) atoms. The van der Waals surface area contributed by atoms with Gasteiger partial charge in [-0.25, -0.2) is 0 Å². The first-order valence-corrected chi connectivity index (χ1v) is 24.6. The van der Waals surface area contributed by atoms with Crippen LogP contribution in [0.4, 0.5) is 17.1 Å². The maximum atomic E-state index is 6.98. The molecule has 0 bridgehead atoms. The SMILES string of the molecule is Cc1cc(C)c(-c2cc3c(c4c2oc2ccccc24)-c2ccc(N(c4ccccc4)c4ccc5c(c4)C(C)(C)c4c6c(c7oc8ccccc8c7c4-5)-c4ccccc4C6(C)C)cc2C3(C)C)c(C)c1. The number of anilines is 3. The Hall–Kier alpha value is -7.62. The van der Waals surface area contributed by atoms with Crippen molar-refractivity contribution in [1.29, 1.82) is 0 Å². The molecule has 0 aliphatic heterocycles. The molecule has 0 atom stereocenters. The molecule has 0 spiro atoms. The number of benzene rings is 9. The van der Waals surface area contributed by atoms with Crippen LogP contribution in [0, 0.1) is 20.8 Å². The van der Waals surface area contributed by atoms with E-state index in [0.717, 1.165) is 44.8 Å². The van der Waals surface area contributed by atoms with Gasteiger partial charge in [0.15, 0.2) is 0 Å². The quantitative estimate of drug-likeness (QED) is 0.176. The van der Waals surface area contributed by atoms with Gasteiger partial charge in [-0.05, 0) is 153 Å². The predicted octanol–water partition coefficient (Wildman–Crippen LogP) is 18.5. The monoisotopic (exact) mass is 891 g/mol. The standard InChI is InChI=1S/C66H53NO2/c1-36-31-37(2)54(38(3)32-36)47-35-51-55(57-45-22-14-17-25-52(45)68-62(47)57)43-29-27-40(33-49(43)64(51,4)5)67(39-19-11-10-12-20-39)41-28-30-44-50(34-41)66(8,9)60-56(44)58-46-23-15-18-26-53(46)69-63(58)59-42-21-13-16-24-48(42)65(6,7)61(59)60/h10-35H,1-9H3. The van der Waals surface area contributed by atoms with Crippen LogP contribution in [0.3, 0.4) is 0 Å². The molecule has 9 aromatic carbocycles. The van der Waals surface area contributed by atoms with Gasteiger partial charge in [-0.15, -0.1) is 0 Å². The lowest BCUT2D eigenvalue weighted by Crippen LogP contribution is -2.24. The van der Waals surface area contributed by atoms with Gasteiger partial charge in [0, 0.05) is 66.0 Å². The van der Waals surface area contributed by atoms with Crippen LogP contribution in [0.15, 0.2) is 167 Å². The summed E-state index contributed by atoms with van der Waals surface area (Å²) in [5, 5.41) is 4.76. The van der Waals surface area contributed by atoms with Gasteiger partial charge < -0.3 is 13.7 Å². The number of hydrogen-bond acceptors (Lipinski definition) is 3. The zero-order valence-electron chi connectivity index (χ0n) is 40.8. The number of rotatable bonds is 4. The first-order chi connectivity index (χ1) is 33.2. The van der Waals surface area contributed by atoms with Crippen molar-refractivity contribution < 1.29 is 8.83 Å². The van der Waals surface area contributed by atoms with Gasteiger partial charge >= 0.3 is 0 Å². The largest absolute Gasteiger partial charge is 0.455 e. The van der Waals surface area contributed by atoms with E-state index in [1.165, 1.54) is 111 Å². The Kier molecular flexibility index (Phi) is 7.94. The van der Waals surface area contributed by atoms with Crippen LogP contribution >= 0.6 is 0 Å². The molecule has 3 aliphatic carbocycles. The zero-order valence-corrected chi connectivity index (χ0v) is 40.8. The average Bonchev–Trinajstić information content (AvgIpc) is 4.09. The number of hydrogen-bond donors (Lipinski definition) is 0. The molecule has 0 N–H and O–H groups in total. The molecule has 3 heteroatoms. The van der Waals surface area contributed by atoms with Gasteiger partial charge in [0.2, 0.25) is 0 Å². The summed E-state index contributed by atoms with van der Waals surface area (Å²) in [5.41, 5.74) is 28.5. The Morgan fingerprint density at radius 2 is 0.870 bits per heavy atom. The predicted molar refractivity (Wildman–Crippen MR) is 288 cm³/mol. The second-order valence-electron chi connectivity index (χ2n) is 21.8. The summed E-state index contributed by atoms with van der Waals surface area (Å²) in [4.78, 5) is 2.47. The van der Waals surface area contributed by atoms with Crippen molar-refractivity contribution in [3.8, 4) is 44.5 Å². The third-order valence-electron chi connectivity index (χ3n) is 16.6. The van der Waals surface area contributed by atoms with Crippen molar-refractivity contribution in [1.82, 2.24) is 0 Å². The summed E-state index contributed by atoms with van der Waals surface area (Å²) in [6.45, 7) is 21.2. The second kappa shape index (κ2) is 13.5. The summed E-state index contributed by atoms with van der Waals surface area (Å²) >= 11 is 0. The third kappa shape index (κ3) is 5.18. The van der Waals surface area contributed by atoms with Gasteiger partial charge in [-0.1, -0.05) is 150 Å². The number of aryl methyl sites for hydroxylation is 3. The number of fused-ring (bicyclic) bond motifs is 19. The van der Waals surface area contributed by atoms with E-state index >= 15 is 0 Å². The fourth-order valence-corrected chi connectivity index (χ4v) is 13.7. The van der Waals surface area contributed by atoms with Gasteiger partial charge in [-0.3, -0.25) is 0 Å². The van der Waals surface area contributed by atoms with Crippen molar-refractivity contribution in [2.24, 2.45) is 0 Å². The minimum atomic E-state index is -0.314. The topological polar surface area (TPSA) is 29.5 Å². The molecule has 2 heterocycles. The van der Waals surface area contributed by atoms with E-state index in [9.17, 15) is 0 Å². The fourth-order valence-electron chi connectivity index (χ4n) is 13.7. The number of nitrogens with zero attached hydrogens (tertiary/aromatic N) is 1. The molecule has 3 aliphatic rings. The minimum absolute atomic E-state index is 0.219. The van der Waals surface area contributed by atoms with Crippen LogP contribution in [0.5, 0.6) is 0 Å². The van der Waals surface area contributed by atoms with Crippen LogP contribution < -0.4 is 4.90 Å². The third-order valence-corrected chi connectivity index (χ3v) is 16.6. The lowest BCUT2D eigenvalue weighted by Gasteiger charge is -2.32. The molecule has 0 radical (unpaired) electrons. The highest BCUT2D eigenvalue weighted by Crippen LogP contribution is 2.64. The number of furan rings is 2. The Bertz CT molecular complexity index is 4050. The summed E-state index contributed by atoms with van der Waals surface area (Å²) in [6.07, 6.45) is 0. The smallest absolute Gasteiger partial charge is 0.144 e. The average molecular weight is 892 g/mol. The van der Waals surface area contributed by atoms with Crippen molar-refractivity contribution in [2.75, 3.05) is 4.90 Å². The fraction of sp³-hybridized carbons (Fsp3) is 0.182. The van der Waals surface area contributed by atoms with Crippen LogP contribution in [-0.2, 0) is 16.2 Å². The lowest BCUT2D eigenvalue weighted by molar-refractivity contribution is 0.600. The summed E-state index contributed by atoms with van der Waals surface area (Å²) < 4.78 is 13.9. The molecule has 0 fully saturated rings. The molecular weight excluding hydrogens is 839 g/mol. The van der Waals surface area contributed by atoms with Crippen molar-refractivity contribution in [2.45, 2.75) is 78.6 Å². The maximum absolute atomic E-state index is 6.98. The highest BCUT2D eigenvalue weighted by Gasteiger charge is 2.49. The van der Waals surface area contributed by atoms with E-state index < -0.39 is 0 Å². The Balaban J connectivity index is 0.981. The maximum Gasteiger partial charge on any atom is 0.144 e. The van der Waals surface area contributed by atoms with E-state index in [-0.39, 0.29) is 16.2 Å². The van der Waals surface area contributed by atoms with Gasteiger partial charge in [0.05, 0.1) is 0 Å². The minimum Gasteiger partial charge on any atom is -0.455 e. The molecule has 2 aromatic heterocycles. The van der Waals surface area contributed by atoms with E-state index in [1.807, 2.05) is 0 Å². The van der Waals surface area contributed by atoms with Crippen molar-refractivity contribution in [3.63, 3.8) is 0 Å². The molecular formula is C66H53NO2. The molecule has 14 rings (SSSR count). The highest BCUT2D eigenvalue weighted by atomic mass is 16.3. The molecule has 0 unspecified atom stereocenters. The molecule has 11 aromatic rings. The Labute approximate surface area is 403 Å². The van der Waals surface area contributed by atoms with Crippen molar-refractivity contribution in [3.05, 3.63) is 208 Å². The van der Waals surface area contributed by atoms with E-state index in [2.05, 4.69) is 225 Å². The van der Waals surface area contributed by atoms with Crippen LogP contribution in [0.2, 0.25) is 0 Å². The summed E-state index contributed by atoms with van der Waals surface area (Å²) in [5.74, 6) is 0. The van der Waals surface area contributed by atoms with Gasteiger partial charge in [0.1, 0.15) is 22.3 Å². The number of para-hydroxylation sites is 3. The van der Waals surface area contributed by atoms with Crippen LogP contribution in [0.25, 0.3) is 88.4 Å². The molecule has 334 valence electrons. The Morgan fingerprint density at radius 3 is 1.54 bits per heavy atom. The first kappa shape index (κ1) is 40.4. The van der Waals surface area contributed by atoms with Crippen LogP contribution in [0.1, 0.15) is 91.6 Å². The molecule has 3 nitrogen and oxygen atoms in total. The van der Waals surface area contributed by atoms with E-state index in [4.69, 9.17) is 8.83 Å². The molecule has 0 saturated heterocycles. The van der Waals surface area contributed by atoms with Gasteiger partial charge in [0.25, 0.3) is 0 Å². The van der Waals surface area contributed by atoms with Crippen LogP contribution in [-0.4, -0.2) is 0 Å². The van der Waals surface area contributed by atoms with Gasteiger partial charge in [-0.2, -0.15) is 0 Å². The molecule has 0 amide bonds. The Morgan fingerprint density at radius 1 is 0.362 bits per heavy atom. The van der Waals surface area contributed by atoms with E-state index in [0.29, 0.717) is 0 Å². The summed E-state index contributed by atoms with van der Waals surface area (Å²) in [6, 6.07) is 58.6. The lowest BCUT2D eigenvalue weighted by atomic mass is 9.72. The van der Waals surface area contributed by atoms with E-state index in [1.54, 1.807) is 0 Å². The highest BCUT2D eigenvalue weighted by molar-refractivity contribution is 6.21. The van der Waals surface area contributed by atoms with Crippen molar-refractivity contribution >= 4 is 60.9 Å². The summed E-state index contributed by atoms with van der Waals surface area (Å²) in [7, 11) is 0. The second-order valence-corrected chi connectivity index (χ2v) is 21.8. The normalized spacial score (nSPS) is 15.4. The first-order valence-electron chi connectivity index (χ1n) is 24.6. The molecule has 0 saturated carbocycles. The zero-order chi connectivity index (χ0) is 47.0.